The zero-order valence-electron chi connectivity index (χ0n) is 20.1. The summed E-state index contributed by atoms with van der Waals surface area (Å²) in [6.45, 7) is 1.76. The summed E-state index contributed by atoms with van der Waals surface area (Å²) in [5.74, 6) is 0.398. The summed E-state index contributed by atoms with van der Waals surface area (Å²) in [4.78, 5) is 25.4. The van der Waals surface area contributed by atoms with Gasteiger partial charge in [0.15, 0.2) is 11.5 Å². The summed E-state index contributed by atoms with van der Waals surface area (Å²) in [5, 5.41) is 4.26. The molecule has 0 saturated carbocycles. The number of esters is 1. The largest absolute Gasteiger partial charge is 0.497 e. The number of rotatable bonds is 8. The van der Waals surface area contributed by atoms with Gasteiger partial charge in [-0.05, 0) is 73.7 Å². The van der Waals surface area contributed by atoms with Crippen molar-refractivity contribution in [2.75, 3.05) is 14.2 Å². The topological polar surface area (TPSA) is 91.2 Å². The van der Waals surface area contributed by atoms with Crippen LogP contribution in [0.2, 0.25) is 0 Å². The smallest absolute Gasteiger partial charge is 0.343 e. The number of hydrogen-bond acceptors (Lipinski definition) is 6. The summed E-state index contributed by atoms with van der Waals surface area (Å²) in [5.41, 5.74) is 5.47. The van der Waals surface area contributed by atoms with Crippen LogP contribution in [0.5, 0.6) is 17.2 Å². The van der Waals surface area contributed by atoms with Crippen molar-refractivity contribution in [2.45, 2.75) is 6.92 Å². The number of aromatic nitrogens is 1. The SMILES string of the molecule is COc1ccc(C(=O)Oc2ccc(C(C)=NNC(=O)c3ccccc3-n3cccc3)cc2OC)cc1. The monoisotopic (exact) mass is 483 g/mol. The van der Waals surface area contributed by atoms with Crippen molar-refractivity contribution in [2.24, 2.45) is 5.10 Å². The van der Waals surface area contributed by atoms with Crippen LogP contribution >= 0.6 is 0 Å². The summed E-state index contributed by atoms with van der Waals surface area (Å²) in [6.07, 6.45) is 3.74. The fourth-order valence-electron chi connectivity index (χ4n) is 3.51. The first-order valence-electron chi connectivity index (χ1n) is 11.1. The Labute approximate surface area is 208 Å². The van der Waals surface area contributed by atoms with Crippen molar-refractivity contribution < 1.29 is 23.8 Å². The van der Waals surface area contributed by atoms with Crippen LogP contribution in [-0.2, 0) is 0 Å². The zero-order chi connectivity index (χ0) is 25.5. The van der Waals surface area contributed by atoms with Gasteiger partial charge in [-0.2, -0.15) is 5.10 Å². The van der Waals surface area contributed by atoms with Gasteiger partial charge in [0.2, 0.25) is 0 Å². The van der Waals surface area contributed by atoms with Crippen LogP contribution in [0.4, 0.5) is 0 Å². The minimum atomic E-state index is -0.525. The van der Waals surface area contributed by atoms with Gasteiger partial charge in [0.25, 0.3) is 5.91 Å². The molecule has 0 aliphatic carbocycles. The summed E-state index contributed by atoms with van der Waals surface area (Å²) < 4.78 is 17.9. The average molecular weight is 484 g/mol. The van der Waals surface area contributed by atoms with Crippen LogP contribution in [0.3, 0.4) is 0 Å². The van der Waals surface area contributed by atoms with Gasteiger partial charge in [-0.25, -0.2) is 10.2 Å². The molecular formula is C28H25N3O5. The molecule has 182 valence electrons. The molecule has 0 radical (unpaired) electrons. The number of para-hydroxylation sites is 1. The Kier molecular flexibility index (Phi) is 7.45. The maximum Gasteiger partial charge on any atom is 0.343 e. The molecule has 1 aromatic heterocycles. The second-order valence-corrected chi connectivity index (χ2v) is 7.73. The highest BCUT2D eigenvalue weighted by molar-refractivity contribution is 6.02. The van der Waals surface area contributed by atoms with E-state index in [1.54, 1.807) is 68.6 Å². The molecule has 0 atom stereocenters. The van der Waals surface area contributed by atoms with E-state index in [2.05, 4.69) is 10.5 Å². The molecule has 1 amide bonds. The number of amides is 1. The number of methoxy groups -OCH3 is 2. The van der Waals surface area contributed by atoms with Gasteiger partial charge in [0.1, 0.15) is 5.75 Å². The Balaban J connectivity index is 1.48. The molecule has 0 aliphatic heterocycles. The number of carbonyl (C=O) groups is 2. The van der Waals surface area contributed by atoms with E-state index in [1.165, 1.54) is 7.11 Å². The predicted molar refractivity (Wildman–Crippen MR) is 136 cm³/mol. The maximum absolute atomic E-state index is 12.8. The molecule has 4 rings (SSSR count). The molecule has 0 unspecified atom stereocenters. The summed E-state index contributed by atoms with van der Waals surface area (Å²) in [7, 11) is 3.04. The second kappa shape index (κ2) is 11.1. The standard InChI is InChI=1S/C28H25N3O5/c1-19(29-30-27(32)23-8-4-5-9-24(23)31-16-6-7-17-31)21-12-15-25(26(18-21)35-3)36-28(33)20-10-13-22(34-2)14-11-20/h4-18H,1-3H3,(H,30,32). The van der Waals surface area contributed by atoms with Crippen molar-refractivity contribution in [3.8, 4) is 22.9 Å². The minimum absolute atomic E-state index is 0.263. The minimum Gasteiger partial charge on any atom is -0.497 e. The number of nitrogens with zero attached hydrogens (tertiary/aromatic N) is 2. The second-order valence-electron chi connectivity index (χ2n) is 7.73. The molecule has 3 aromatic carbocycles. The van der Waals surface area contributed by atoms with Gasteiger partial charge >= 0.3 is 5.97 Å². The third-order valence-corrected chi connectivity index (χ3v) is 5.47. The molecule has 0 bridgehead atoms. The van der Waals surface area contributed by atoms with Gasteiger partial charge in [-0.15, -0.1) is 0 Å². The van der Waals surface area contributed by atoms with Crippen molar-refractivity contribution in [3.05, 3.63) is 108 Å². The Bertz CT molecular complexity index is 1390. The molecule has 8 heteroatoms. The molecule has 1 N–H and O–H groups in total. The van der Waals surface area contributed by atoms with Crippen LogP contribution in [0, 0.1) is 0 Å². The van der Waals surface area contributed by atoms with Gasteiger partial charge in [0.05, 0.1) is 36.7 Å². The fourth-order valence-corrected chi connectivity index (χ4v) is 3.51. The molecule has 8 nitrogen and oxygen atoms in total. The Morgan fingerprint density at radius 2 is 1.50 bits per heavy atom. The number of benzene rings is 3. The number of carbonyl (C=O) groups excluding carboxylic acids is 2. The van der Waals surface area contributed by atoms with E-state index >= 15 is 0 Å². The van der Waals surface area contributed by atoms with Crippen molar-refractivity contribution in [1.82, 2.24) is 9.99 Å². The summed E-state index contributed by atoms with van der Waals surface area (Å²) in [6, 6.07) is 22.7. The van der Waals surface area contributed by atoms with Crippen LogP contribution in [0.25, 0.3) is 5.69 Å². The molecule has 36 heavy (non-hydrogen) atoms. The average Bonchev–Trinajstić information content (AvgIpc) is 3.46. The number of nitrogens with one attached hydrogen (secondary N) is 1. The number of ether oxygens (including phenoxy) is 3. The molecule has 0 fully saturated rings. The van der Waals surface area contributed by atoms with Gasteiger partial charge in [-0.3, -0.25) is 4.79 Å². The van der Waals surface area contributed by atoms with Gasteiger partial charge in [0, 0.05) is 18.0 Å². The maximum atomic E-state index is 12.8. The quantitative estimate of drug-likeness (QED) is 0.167. The lowest BCUT2D eigenvalue weighted by atomic mass is 10.1. The van der Waals surface area contributed by atoms with E-state index in [0.29, 0.717) is 33.9 Å². The lowest BCUT2D eigenvalue weighted by molar-refractivity contribution is 0.0729. The first kappa shape index (κ1) is 24.3. The van der Waals surface area contributed by atoms with E-state index < -0.39 is 5.97 Å². The fraction of sp³-hybridized carbons (Fsp3) is 0.107. The van der Waals surface area contributed by atoms with E-state index in [4.69, 9.17) is 14.2 Å². The van der Waals surface area contributed by atoms with Crippen LogP contribution in [-0.4, -0.2) is 36.4 Å². The third kappa shape index (κ3) is 5.44. The molecule has 0 saturated heterocycles. The van der Waals surface area contributed by atoms with E-state index in [-0.39, 0.29) is 11.7 Å². The number of hydrazone groups is 1. The molecule has 4 aromatic rings. The summed E-state index contributed by atoms with van der Waals surface area (Å²) >= 11 is 0. The van der Waals surface area contributed by atoms with Crippen LogP contribution < -0.4 is 19.6 Å². The lowest BCUT2D eigenvalue weighted by Gasteiger charge is -2.12. The highest BCUT2D eigenvalue weighted by atomic mass is 16.6. The molecule has 0 aliphatic rings. The lowest BCUT2D eigenvalue weighted by Crippen LogP contribution is -2.21. The molecule has 1 heterocycles. The van der Waals surface area contributed by atoms with Gasteiger partial charge < -0.3 is 18.8 Å². The normalized spacial score (nSPS) is 11.0. The Morgan fingerprint density at radius 3 is 2.19 bits per heavy atom. The predicted octanol–water partition coefficient (Wildman–Crippen LogP) is 4.87. The first-order chi connectivity index (χ1) is 17.5. The van der Waals surface area contributed by atoms with Crippen molar-refractivity contribution >= 4 is 17.6 Å². The third-order valence-electron chi connectivity index (χ3n) is 5.47. The van der Waals surface area contributed by atoms with Crippen molar-refractivity contribution in [1.29, 1.82) is 0 Å². The molecule has 0 spiro atoms. The van der Waals surface area contributed by atoms with Crippen LogP contribution in [0.15, 0.2) is 96.4 Å². The highest BCUT2D eigenvalue weighted by Crippen LogP contribution is 2.29. The van der Waals surface area contributed by atoms with E-state index in [1.807, 2.05) is 41.2 Å². The zero-order valence-corrected chi connectivity index (χ0v) is 20.1. The van der Waals surface area contributed by atoms with E-state index in [0.717, 1.165) is 5.69 Å². The Hall–Kier alpha value is -4.85. The van der Waals surface area contributed by atoms with E-state index in [9.17, 15) is 9.59 Å². The van der Waals surface area contributed by atoms with Gasteiger partial charge in [-0.1, -0.05) is 12.1 Å². The number of hydrogen-bond donors (Lipinski definition) is 1. The Morgan fingerprint density at radius 1 is 0.806 bits per heavy atom. The van der Waals surface area contributed by atoms with Crippen LogP contribution in [0.1, 0.15) is 33.2 Å². The molecular weight excluding hydrogens is 458 g/mol. The first-order valence-corrected chi connectivity index (χ1v) is 11.1. The van der Waals surface area contributed by atoms with Crippen molar-refractivity contribution in [3.63, 3.8) is 0 Å². The highest BCUT2D eigenvalue weighted by Gasteiger charge is 2.15.